The lowest BCUT2D eigenvalue weighted by molar-refractivity contribution is -0.137. The Labute approximate surface area is 186 Å². The highest BCUT2D eigenvalue weighted by molar-refractivity contribution is 7.98. The van der Waals surface area contributed by atoms with Gasteiger partial charge in [0.2, 0.25) is 11.8 Å². The van der Waals surface area contributed by atoms with Crippen molar-refractivity contribution in [1.29, 1.82) is 0 Å². The van der Waals surface area contributed by atoms with E-state index in [0.717, 1.165) is 46.8 Å². The number of hydrogen-bond donors (Lipinski definition) is 1. The van der Waals surface area contributed by atoms with Crippen LogP contribution in [-0.2, 0) is 9.59 Å². The maximum Gasteiger partial charge on any atom is 0.228 e. The summed E-state index contributed by atoms with van der Waals surface area (Å²) in [6.07, 6.45) is 4.28. The van der Waals surface area contributed by atoms with Crippen molar-refractivity contribution < 1.29 is 9.59 Å². The van der Waals surface area contributed by atoms with Crippen LogP contribution in [-0.4, -0.2) is 52.6 Å². The molecule has 3 aromatic rings. The molecular weight excluding hydrogens is 408 g/mol. The SMILES string of the molecule is CSc1ccc(N2CC(C(=O)N3CCCC(c4nc5ccccc5[nH]4)C3)CC2=O)cc1. The van der Waals surface area contributed by atoms with Gasteiger partial charge in [-0.1, -0.05) is 12.1 Å². The fourth-order valence-corrected chi connectivity index (χ4v) is 5.12. The number of fused-ring (bicyclic) bond motifs is 1. The molecular formula is C24H26N4O2S. The van der Waals surface area contributed by atoms with Crippen LogP contribution in [0.2, 0.25) is 0 Å². The Morgan fingerprint density at radius 1 is 1.13 bits per heavy atom. The molecule has 0 saturated carbocycles. The standard InChI is InChI=1S/C24H26N4O2S/c1-31-19-10-8-18(9-11-19)28-15-17(13-22(28)29)24(30)27-12-4-5-16(14-27)23-25-20-6-2-3-7-21(20)26-23/h2-3,6-11,16-17H,4-5,12-15H2,1H3,(H,25,26). The molecule has 0 aliphatic carbocycles. The van der Waals surface area contributed by atoms with Gasteiger partial charge in [-0.15, -0.1) is 11.8 Å². The zero-order valence-corrected chi connectivity index (χ0v) is 18.4. The van der Waals surface area contributed by atoms with Crippen molar-refractivity contribution >= 4 is 40.3 Å². The number of imidazole rings is 1. The molecule has 6 nitrogen and oxygen atoms in total. The van der Waals surface area contributed by atoms with Crippen molar-refractivity contribution in [2.24, 2.45) is 5.92 Å². The van der Waals surface area contributed by atoms with Crippen LogP contribution < -0.4 is 4.90 Å². The van der Waals surface area contributed by atoms with Crippen molar-refractivity contribution in [3.8, 4) is 0 Å². The topological polar surface area (TPSA) is 69.3 Å². The second-order valence-electron chi connectivity index (χ2n) is 8.37. The number of amides is 2. The van der Waals surface area contributed by atoms with Crippen LogP contribution in [0.15, 0.2) is 53.4 Å². The number of nitrogens with zero attached hydrogens (tertiary/aromatic N) is 3. The Balaban J connectivity index is 1.27. The average Bonchev–Trinajstić information content (AvgIpc) is 3.42. The highest BCUT2D eigenvalue weighted by atomic mass is 32.2. The van der Waals surface area contributed by atoms with Crippen LogP contribution in [0.3, 0.4) is 0 Å². The van der Waals surface area contributed by atoms with E-state index in [1.165, 1.54) is 0 Å². The van der Waals surface area contributed by atoms with Crippen molar-refractivity contribution in [3.63, 3.8) is 0 Å². The van der Waals surface area contributed by atoms with Crippen molar-refractivity contribution in [1.82, 2.24) is 14.9 Å². The lowest BCUT2D eigenvalue weighted by Crippen LogP contribution is -2.43. The summed E-state index contributed by atoms with van der Waals surface area (Å²) in [5, 5.41) is 0. The number of H-pyrrole nitrogens is 1. The van der Waals surface area contributed by atoms with Gasteiger partial charge in [0.05, 0.1) is 17.0 Å². The smallest absolute Gasteiger partial charge is 0.228 e. The monoisotopic (exact) mass is 434 g/mol. The van der Waals surface area contributed by atoms with Gasteiger partial charge in [-0.3, -0.25) is 9.59 Å². The summed E-state index contributed by atoms with van der Waals surface area (Å²) in [7, 11) is 0. The largest absolute Gasteiger partial charge is 0.342 e. The summed E-state index contributed by atoms with van der Waals surface area (Å²) in [4.78, 5) is 39.0. The molecule has 2 saturated heterocycles. The summed E-state index contributed by atoms with van der Waals surface area (Å²) in [6.45, 7) is 1.87. The zero-order chi connectivity index (χ0) is 21.4. The van der Waals surface area contributed by atoms with Gasteiger partial charge in [-0.25, -0.2) is 4.98 Å². The molecule has 2 atom stereocenters. The molecule has 2 aliphatic rings. The van der Waals surface area contributed by atoms with Gasteiger partial charge >= 0.3 is 0 Å². The van der Waals surface area contributed by atoms with Crippen LogP contribution in [0.1, 0.15) is 31.0 Å². The molecule has 2 fully saturated rings. The Morgan fingerprint density at radius 2 is 1.94 bits per heavy atom. The number of piperidine rings is 1. The number of carbonyl (C=O) groups excluding carboxylic acids is 2. The van der Waals surface area contributed by atoms with Gasteiger partial charge in [0, 0.05) is 42.6 Å². The van der Waals surface area contributed by atoms with Crippen LogP contribution in [0.4, 0.5) is 5.69 Å². The van der Waals surface area contributed by atoms with Gasteiger partial charge in [0.25, 0.3) is 0 Å². The van der Waals surface area contributed by atoms with E-state index in [2.05, 4.69) is 4.98 Å². The first kappa shape index (κ1) is 20.1. The summed E-state index contributed by atoms with van der Waals surface area (Å²) in [5.41, 5.74) is 2.87. The van der Waals surface area contributed by atoms with E-state index >= 15 is 0 Å². The number of aromatic amines is 1. The minimum absolute atomic E-state index is 0.0288. The van der Waals surface area contributed by atoms with Gasteiger partial charge in [0.1, 0.15) is 5.82 Å². The van der Waals surface area contributed by atoms with Crippen molar-refractivity contribution in [2.75, 3.05) is 30.8 Å². The Kier molecular flexibility index (Phi) is 5.44. The first-order valence-electron chi connectivity index (χ1n) is 10.8. The third-order valence-electron chi connectivity index (χ3n) is 6.39. The van der Waals surface area contributed by atoms with Crippen LogP contribution in [0.5, 0.6) is 0 Å². The summed E-state index contributed by atoms with van der Waals surface area (Å²) in [5.74, 6) is 1.01. The van der Waals surface area contributed by atoms with E-state index in [1.807, 2.05) is 59.7 Å². The molecule has 1 aromatic heterocycles. The molecule has 2 aliphatic heterocycles. The van der Waals surface area contributed by atoms with E-state index in [9.17, 15) is 9.59 Å². The summed E-state index contributed by atoms with van der Waals surface area (Å²) in [6, 6.07) is 16.0. The predicted octanol–water partition coefficient (Wildman–Crippen LogP) is 4.04. The van der Waals surface area contributed by atoms with E-state index < -0.39 is 0 Å². The first-order chi connectivity index (χ1) is 15.1. The number of hydrogen-bond acceptors (Lipinski definition) is 4. The number of aromatic nitrogens is 2. The predicted molar refractivity (Wildman–Crippen MR) is 123 cm³/mol. The second kappa shape index (κ2) is 8.38. The highest BCUT2D eigenvalue weighted by Crippen LogP contribution is 2.31. The molecule has 5 rings (SSSR count). The summed E-state index contributed by atoms with van der Waals surface area (Å²) < 4.78 is 0. The molecule has 31 heavy (non-hydrogen) atoms. The Hall–Kier alpha value is -2.80. The number of benzene rings is 2. The fraction of sp³-hybridized carbons (Fsp3) is 0.375. The van der Waals surface area contributed by atoms with Gasteiger partial charge in [-0.2, -0.15) is 0 Å². The number of thioether (sulfide) groups is 1. The zero-order valence-electron chi connectivity index (χ0n) is 17.6. The molecule has 2 amide bonds. The fourth-order valence-electron chi connectivity index (χ4n) is 4.71. The Morgan fingerprint density at radius 3 is 2.71 bits per heavy atom. The number of nitrogens with one attached hydrogen (secondary N) is 1. The molecule has 0 bridgehead atoms. The molecule has 0 radical (unpaired) electrons. The van der Waals surface area contributed by atoms with Crippen molar-refractivity contribution in [3.05, 3.63) is 54.4 Å². The van der Waals surface area contributed by atoms with Crippen LogP contribution in [0.25, 0.3) is 11.0 Å². The van der Waals surface area contributed by atoms with E-state index in [4.69, 9.17) is 4.98 Å². The lowest BCUT2D eigenvalue weighted by atomic mass is 9.95. The van der Waals surface area contributed by atoms with Gasteiger partial charge in [-0.05, 0) is 55.5 Å². The van der Waals surface area contributed by atoms with Gasteiger partial charge < -0.3 is 14.8 Å². The minimum Gasteiger partial charge on any atom is -0.342 e. The normalized spacial score (nSPS) is 21.8. The molecule has 160 valence electrons. The quantitative estimate of drug-likeness (QED) is 0.629. The molecule has 2 unspecified atom stereocenters. The van der Waals surface area contributed by atoms with E-state index in [1.54, 1.807) is 16.7 Å². The number of likely N-dealkylation sites (tertiary alicyclic amines) is 1. The second-order valence-corrected chi connectivity index (χ2v) is 9.25. The highest BCUT2D eigenvalue weighted by Gasteiger charge is 2.38. The molecule has 7 heteroatoms. The van der Waals surface area contributed by atoms with E-state index in [-0.39, 0.29) is 30.1 Å². The van der Waals surface area contributed by atoms with Gasteiger partial charge in [0.15, 0.2) is 0 Å². The molecule has 1 N–H and O–H groups in total. The lowest BCUT2D eigenvalue weighted by Gasteiger charge is -2.33. The van der Waals surface area contributed by atoms with Crippen LogP contribution in [0, 0.1) is 5.92 Å². The number of para-hydroxylation sites is 2. The van der Waals surface area contributed by atoms with Crippen molar-refractivity contribution in [2.45, 2.75) is 30.1 Å². The summed E-state index contributed by atoms with van der Waals surface area (Å²) >= 11 is 1.67. The number of carbonyl (C=O) groups is 2. The number of rotatable bonds is 4. The molecule has 3 heterocycles. The third kappa shape index (κ3) is 3.94. The van der Waals surface area contributed by atoms with Crippen LogP contribution >= 0.6 is 11.8 Å². The molecule has 0 spiro atoms. The maximum atomic E-state index is 13.3. The third-order valence-corrected chi connectivity index (χ3v) is 7.13. The molecule has 2 aromatic carbocycles. The first-order valence-corrected chi connectivity index (χ1v) is 12.0. The number of anilines is 1. The average molecular weight is 435 g/mol. The minimum atomic E-state index is -0.276. The van der Waals surface area contributed by atoms with E-state index in [0.29, 0.717) is 13.1 Å². The Bertz CT molecular complexity index is 1080. The maximum absolute atomic E-state index is 13.3.